The third-order valence-corrected chi connectivity index (χ3v) is 5.25. The van der Waals surface area contributed by atoms with Crippen LogP contribution in [0.5, 0.6) is 0 Å². The van der Waals surface area contributed by atoms with Gasteiger partial charge < -0.3 is 10.2 Å². The molecular formula is C17H16BrFN2O2S. The summed E-state index contributed by atoms with van der Waals surface area (Å²) in [6.07, 6.45) is 1.45. The van der Waals surface area contributed by atoms with E-state index in [0.29, 0.717) is 27.9 Å². The van der Waals surface area contributed by atoms with Crippen LogP contribution in [0.3, 0.4) is 0 Å². The van der Waals surface area contributed by atoms with Gasteiger partial charge in [-0.25, -0.2) is 4.39 Å². The van der Waals surface area contributed by atoms with Gasteiger partial charge in [-0.15, -0.1) is 11.3 Å². The Hall–Kier alpha value is -1.73. The molecule has 2 aromatic rings. The number of nitrogens with zero attached hydrogens (tertiary/aromatic N) is 1. The van der Waals surface area contributed by atoms with Gasteiger partial charge >= 0.3 is 0 Å². The van der Waals surface area contributed by atoms with Gasteiger partial charge in [-0.1, -0.05) is 22.0 Å². The van der Waals surface area contributed by atoms with E-state index in [1.807, 2.05) is 11.4 Å². The third kappa shape index (κ3) is 3.84. The van der Waals surface area contributed by atoms with Gasteiger partial charge in [-0.2, -0.15) is 0 Å². The van der Waals surface area contributed by atoms with Crippen molar-refractivity contribution in [2.75, 3.05) is 6.54 Å². The zero-order valence-corrected chi connectivity index (χ0v) is 15.2. The molecule has 3 rings (SSSR count). The van der Waals surface area contributed by atoms with Crippen molar-refractivity contribution < 1.29 is 14.0 Å². The summed E-state index contributed by atoms with van der Waals surface area (Å²) < 4.78 is 14.0. The molecule has 0 saturated carbocycles. The standard InChI is InChI=1S/C17H16BrFN2O2S/c18-12-7-11(8-13(19)9-12)10-20-16(22)14-3-1-5-21(14)17(23)15-4-2-6-24-15/h2,4,6-9,14H,1,3,5,10H2,(H,20,22)/t14-/m0/s1. The number of amides is 2. The summed E-state index contributed by atoms with van der Waals surface area (Å²) in [5, 5.41) is 4.66. The smallest absolute Gasteiger partial charge is 0.264 e. The van der Waals surface area contributed by atoms with E-state index in [2.05, 4.69) is 21.2 Å². The van der Waals surface area contributed by atoms with Crippen molar-refractivity contribution in [1.29, 1.82) is 0 Å². The van der Waals surface area contributed by atoms with Crippen molar-refractivity contribution in [2.24, 2.45) is 0 Å². The maximum Gasteiger partial charge on any atom is 0.264 e. The molecule has 1 aromatic carbocycles. The zero-order valence-electron chi connectivity index (χ0n) is 12.8. The summed E-state index contributed by atoms with van der Waals surface area (Å²) >= 11 is 4.61. The lowest BCUT2D eigenvalue weighted by molar-refractivity contribution is -0.125. The number of nitrogens with one attached hydrogen (secondary N) is 1. The van der Waals surface area contributed by atoms with Crippen LogP contribution in [0, 0.1) is 5.82 Å². The molecule has 1 fully saturated rings. The van der Waals surface area contributed by atoms with E-state index in [-0.39, 0.29) is 24.2 Å². The van der Waals surface area contributed by atoms with Gasteiger partial charge in [0, 0.05) is 17.6 Å². The van der Waals surface area contributed by atoms with Gasteiger partial charge in [-0.3, -0.25) is 9.59 Å². The Kier molecular flexibility index (Phi) is 5.30. The fourth-order valence-electron chi connectivity index (χ4n) is 2.84. The van der Waals surface area contributed by atoms with Gasteiger partial charge in [0.25, 0.3) is 5.91 Å². The van der Waals surface area contributed by atoms with Crippen molar-refractivity contribution in [2.45, 2.75) is 25.4 Å². The van der Waals surface area contributed by atoms with Crippen LogP contribution in [0.2, 0.25) is 0 Å². The lowest BCUT2D eigenvalue weighted by Crippen LogP contribution is -2.45. The Balaban J connectivity index is 1.64. The molecule has 1 saturated heterocycles. The molecule has 4 nitrogen and oxygen atoms in total. The quantitative estimate of drug-likeness (QED) is 0.837. The zero-order chi connectivity index (χ0) is 17.1. The number of hydrogen-bond acceptors (Lipinski definition) is 3. The molecule has 2 amide bonds. The van der Waals surface area contributed by atoms with Crippen LogP contribution in [0.25, 0.3) is 0 Å². The molecule has 0 spiro atoms. The van der Waals surface area contributed by atoms with E-state index in [1.165, 1.54) is 23.5 Å². The van der Waals surface area contributed by atoms with Gasteiger partial charge in [-0.05, 0) is 48.1 Å². The molecule has 1 aromatic heterocycles. The first-order chi connectivity index (χ1) is 11.5. The molecule has 2 heterocycles. The SMILES string of the molecule is O=C(NCc1cc(F)cc(Br)c1)[C@@H]1CCCN1C(=O)c1cccs1. The molecule has 1 aliphatic rings. The van der Waals surface area contributed by atoms with Crippen LogP contribution < -0.4 is 5.32 Å². The van der Waals surface area contributed by atoms with Crippen molar-refractivity contribution in [3.05, 3.63) is 56.4 Å². The number of thiophene rings is 1. The van der Waals surface area contributed by atoms with Crippen molar-refractivity contribution in [3.8, 4) is 0 Å². The monoisotopic (exact) mass is 410 g/mol. The fraction of sp³-hybridized carbons (Fsp3) is 0.294. The minimum atomic E-state index is -0.461. The minimum absolute atomic E-state index is 0.101. The molecule has 7 heteroatoms. The Bertz CT molecular complexity index is 731. The highest BCUT2D eigenvalue weighted by Gasteiger charge is 2.34. The molecule has 0 aliphatic carbocycles. The van der Waals surface area contributed by atoms with Crippen LogP contribution in [0.1, 0.15) is 28.1 Å². The Labute approximate surface area is 151 Å². The molecule has 1 atom stereocenters. The molecule has 0 bridgehead atoms. The van der Waals surface area contributed by atoms with Crippen LogP contribution in [-0.2, 0) is 11.3 Å². The van der Waals surface area contributed by atoms with E-state index in [1.54, 1.807) is 17.0 Å². The lowest BCUT2D eigenvalue weighted by atomic mass is 10.2. The average Bonchev–Trinajstić information content (AvgIpc) is 3.22. The normalized spacial score (nSPS) is 17.1. The number of halogens is 2. The highest BCUT2D eigenvalue weighted by Crippen LogP contribution is 2.22. The van der Waals surface area contributed by atoms with Crippen molar-refractivity contribution in [3.63, 3.8) is 0 Å². The summed E-state index contributed by atoms with van der Waals surface area (Å²) in [5.41, 5.74) is 0.671. The van der Waals surface area contributed by atoms with E-state index in [0.717, 1.165) is 6.42 Å². The topological polar surface area (TPSA) is 49.4 Å². The van der Waals surface area contributed by atoms with Crippen LogP contribution in [0.15, 0.2) is 40.2 Å². The van der Waals surface area contributed by atoms with E-state index >= 15 is 0 Å². The largest absolute Gasteiger partial charge is 0.350 e. The highest BCUT2D eigenvalue weighted by molar-refractivity contribution is 9.10. The Morgan fingerprint density at radius 2 is 2.21 bits per heavy atom. The second-order valence-electron chi connectivity index (χ2n) is 5.63. The fourth-order valence-corrected chi connectivity index (χ4v) is 4.04. The number of likely N-dealkylation sites (tertiary alicyclic amines) is 1. The molecular weight excluding hydrogens is 395 g/mol. The predicted molar refractivity (Wildman–Crippen MR) is 94.3 cm³/mol. The third-order valence-electron chi connectivity index (χ3n) is 3.94. The van der Waals surface area contributed by atoms with Gasteiger partial charge in [0.15, 0.2) is 0 Å². The van der Waals surface area contributed by atoms with Crippen LogP contribution in [-0.4, -0.2) is 29.3 Å². The van der Waals surface area contributed by atoms with Gasteiger partial charge in [0.05, 0.1) is 4.88 Å². The summed E-state index contributed by atoms with van der Waals surface area (Å²) in [4.78, 5) is 27.2. The van der Waals surface area contributed by atoms with E-state index < -0.39 is 6.04 Å². The molecule has 126 valence electrons. The second-order valence-corrected chi connectivity index (χ2v) is 7.49. The molecule has 1 N–H and O–H groups in total. The maximum atomic E-state index is 13.4. The second kappa shape index (κ2) is 7.44. The van der Waals surface area contributed by atoms with Gasteiger partial charge in [0.2, 0.25) is 5.91 Å². The number of benzene rings is 1. The number of carbonyl (C=O) groups excluding carboxylic acids is 2. The van der Waals surface area contributed by atoms with Crippen molar-refractivity contribution >= 4 is 39.1 Å². The summed E-state index contributed by atoms with van der Waals surface area (Å²) in [7, 11) is 0. The first kappa shape index (κ1) is 17.1. The number of carbonyl (C=O) groups is 2. The number of rotatable bonds is 4. The first-order valence-corrected chi connectivity index (χ1v) is 9.29. The number of hydrogen-bond donors (Lipinski definition) is 1. The lowest BCUT2D eigenvalue weighted by Gasteiger charge is -2.23. The summed E-state index contributed by atoms with van der Waals surface area (Å²) in [6.45, 7) is 0.813. The van der Waals surface area contributed by atoms with E-state index in [9.17, 15) is 14.0 Å². The molecule has 0 unspecified atom stereocenters. The predicted octanol–water partition coefficient (Wildman–Crippen LogP) is 3.57. The minimum Gasteiger partial charge on any atom is -0.350 e. The van der Waals surface area contributed by atoms with E-state index in [4.69, 9.17) is 0 Å². The average molecular weight is 411 g/mol. The molecule has 0 radical (unpaired) electrons. The molecule has 1 aliphatic heterocycles. The Morgan fingerprint density at radius 3 is 2.92 bits per heavy atom. The maximum absolute atomic E-state index is 13.4. The van der Waals surface area contributed by atoms with Crippen LogP contribution in [0.4, 0.5) is 4.39 Å². The molecule has 24 heavy (non-hydrogen) atoms. The van der Waals surface area contributed by atoms with Crippen molar-refractivity contribution in [1.82, 2.24) is 10.2 Å². The Morgan fingerprint density at radius 1 is 1.38 bits per heavy atom. The first-order valence-electron chi connectivity index (χ1n) is 7.62. The summed E-state index contributed by atoms with van der Waals surface area (Å²) in [6, 6.07) is 7.64. The summed E-state index contributed by atoms with van der Waals surface area (Å²) in [5.74, 6) is -0.655. The van der Waals surface area contributed by atoms with Gasteiger partial charge in [0.1, 0.15) is 11.9 Å². The van der Waals surface area contributed by atoms with Crippen LogP contribution >= 0.6 is 27.3 Å². The highest BCUT2D eigenvalue weighted by atomic mass is 79.9.